The van der Waals surface area contributed by atoms with E-state index >= 15 is 0 Å². The van der Waals surface area contributed by atoms with Gasteiger partial charge < -0.3 is 14.7 Å². The Hall–Kier alpha value is -1.62. The normalized spacial score (nSPS) is 27.5. The fraction of sp³-hybridized carbons (Fsp3) is 0.500. The number of aliphatic hydroxyl groups is 1. The predicted molar refractivity (Wildman–Crippen MR) is 59.6 cm³/mol. The highest BCUT2D eigenvalue weighted by molar-refractivity contribution is 5.95. The molecule has 0 saturated carbocycles. The minimum Gasteiger partial charge on any atom is -0.466 e. The number of esters is 1. The van der Waals surface area contributed by atoms with E-state index in [1.165, 1.54) is 18.2 Å². The molecule has 0 spiro atoms. The van der Waals surface area contributed by atoms with Crippen LogP contribution in [0.4, 0.5) is 0 Å². The minimum absolute atomic E-state index is 0.0829. The first kappa shape index (κ1) is 11.9. The maximum absolute atomic E-state index is 12.0. The minimum atomic E-state index is -0.413. The number of carbonyl (C=O) groups excluding carboxylic acids is 2. The summed E-state index contributed by atoms with van der Waals surface area (Å²) < 4.78 is 4.72. The van der Waals surface area contributed by atoms with Crippen LogP contribution in [-0.2, 0) is 14.3 Å². The molecule has 2 unspecified atom stereocenters. The molecule has 1 amide bonds. The molecule has 2 rings (SSSR count). The number of carbonyl (C=O) groups is 2. The third-order valence-corrected chi connectivity index (χ3v) is 3.39. The summed E-state index contributed by atoms with van der Waals surface area (Å²) in [5.74, 6) is -1.09. The first-order valence-corrected chi connectivity index (χ1v) is 5.46. The van der Waals surface area contributed by atoms with Crippen molar-refractivity contribution >= 4 is 11.9 Å². The highest BCUT2D eigenvalue weighted by Crippen LogP contribution is 2.40. The monoisotopic (exact) mass is 237 g/mol. The van der Waals surface area contributed by atoms with Crippen molar-refractivity contribution in [2.24, 2.45) is 11.8 Å². The van der Waals surface area contributed by atoms with Crippen LogP contribution in [0.1, 0.15) is 6.42 Å². The number of amides is 1. The SMILES string of the molecule is COC(=O)C1=CN(C)C(=O)C2C(CO)=CCC12. The summed E-state index contributed by atoms with van der Waals surface area (Å²) in [6, 6.07) is 0. The average molecular weight is 237 g/mol. The molecular formula is C12H15NO4. The highest BCUT2D eigenvalue weighted by Gasteiger charge is 2.43. The molecule has 0 fully saturated rings. The quantitative estimate of drug-likeness (QED) is 0.545. The van der Waals surface area contributed by atoms with Gasteiger partial charge >= 0.3 is 5.97 Å². The van der Waals surface area contributed by atoms with E-state index in [-0.39, 0.29) is 18.4 Å². The topological polar surface area (TPSA) is 66.8 Å². The van der Waals surface area contributed by atoms with Gasteiger partial charge in [-0.25, -0.2) is 4.79 Å². The van der Waals surface area contributed by atoms with E-state index in [2.05, 4.69) is 0 Å². The first-order chi connectivity index (χ1) is 8.10. The molecule has 0 bridgehead atoms. The van der Waals surface area contributed by atoms with Crippen molar-refractivity contribution in [1.29, 1.82) is 0 Å². The van der Waals surface area contributed by atoms with Gasteiger partial charge in [-0.15, -0.1) is 0 Å². The van der Waals surface area contributed by atoms with Gasteiger partial charge in [0.1, 0.15) is 0 Å². The molecule has 17 heavy (non-hydrogen) atoms. The van der Waals surface area contributed by atoms with Crippen molar-refractivity contribution in [3.63, 3.8) is 0 Å². The number of allylic oxidation sites excluding steroid dienone is 1. The lowest BCUT2D eigenvalue weighted by Gasteiger charge is -2.31. The molecule has 0 aromatic heterocycles. The van der Waals surface area contributed by atoms with Crippen molar-refractivity contribution in [2.45, 2.75) is 6.42 Å². The summed E-state index contributed by atoms with van der Waals surface area (Å²) in [7, 11) is 2.93. The van der Waals surface area contributed by atoms with Crippen molar-refractivity contribution in [3.05, 3.63) is 23.4 Å². The second-order valence-corrected chi connectivity index (χ2v) is 4.28. The van der Waals surface area contributed by atoms with Crippen LogP contribution in [0.15, 0.2) is 23.4 Å². The molecule has 5 heteroatoms. The van der Waals surface area contributed by atoms with Gasteiger partial charge in [-0.1, -0.05) is 6.08 Å². The van der Waals surface area contributed by atoms with E-state index in [0.717, 1.165) is 0 Å². The number of rotatable bonds is 2. The fourth-order valence-corrected chi connectivity index (χ4v) is 2.51. The zero-order valence-corrected chi connectivity index (χ0v) is 9.84. The van der Waals surface area contributed by atoms with Gasteiger partial charge in [-0.05, 0) is 12.0 Å². The second kappa shape index (κ2) is 4.33. The van der Waals surface area contributed by atoms with Crippen LogP contribution in [0, 0.1) is 11.8 Å². The van der Waals surface area contributed by atoms with Crippen LogP contribution in [0.3, 0.4) is 0 Å². The van der Waals surface area contributed by atoms with Crippen LogP contribution in [0.2, 0.25) is 0 Å². The van der Waals surface area contributed by atoms with Crippen molar-refractivity contribution in [3.8, 4) is 0 Å². The molecule has 0 aromatic rings. The summed E-state index contributed by atoms with van der Waals surface area (Å²) in [5.41, 5.74) is 1.20. The van der Waals surface area contributed by atoms with E-state index in [9.17, 15) is 14.7 Å². The lowest BCUT2D eigenvalue weighted by molar-refractivity contribution is -0.139. The Labute approximate surface area is 99.4 Å². The number of ether oxygens (including phenoxy) is 1. The first-order valence-electron chi connectivity index (χ1n) is 5.46. The van der Waals surface area contributed by atoms with Gasteiger partial charge in [-0.2, -0.15) is 0 Å². The maximum atomic E-state index is 12.0. The lowest BCUT2D eigenvalue weighted by atomic mass is 9.82. The summed E-state index contributed by atoms with van der Waals surface area (Å²) in [4.78, 5) is 25.0. The number of hydrogen-bond acceptors (Lipinski definition) is 4. The summed E-state index contributed by atoms with van der Waals surface area (Å²) in [6.07, 6.45) is 3.97. The number of aliphatic hydroxyl groups excluding tert-OH is 1. The largest absolute Gasteiger partial charge is 0.466 e. The predicted octanol–water partition coefficient (Wildman–Crippen LogP) is 0.0701. The second-order valence-electron chi connectivity index (χ2n) is 4.28. The van der Waals surface area contributed by atoms with Crippen LogP contribution < -0.4 is 0 Å². The summed E-state index contributed by atoms with van der Waals surface area (Å²) in [6.45, 7) is -0.144. The van der Waals surface area contributed by atoms with Crippen molar-refractivity contribution in [2.75, 3.05) is 20.8 Å². The van der Waals surface area contributed by atoms with E-state index in [0.29, 0.717) is 17.6 Å². The van der Waals surface area contributed by atoms with Crippen LogP contribution >= 0.6 is 0 Å². The van der Waals surface area contributed by atoms with E-state index < -0.39 is 11.9 Å². The van der Waals surface area contributed by atoms with Crippen LogP contribution in [0.25, 0.3) is 0 Å². The highest BCUT2D eigenvalue weighted by atomic mass is 16.5. The Morgan fingerprint density at radius 3 is 2.94 bits per heavy atom. The van der Waals surface area contributed by atoms with Crippen LogP contribution in [0.5, 0.6) is 0 Å². The molecule has 1 N–H and O–H groups in total. The number of hydrogen-bond donors (Lipinski definition) is 1. The third kappa shape index (κ3) is 1.76. The third-order valence-electron chi connectivity index (χ3n) is 3.39. The Morgan fingerprint density at radius 1 is 1.65 bits per heavy atom. The Kier molecular flexibility index (Phi) is 3.02. The van der Waals surface area contributed by atoms with Crippen molar-refractivity contribution in [1.82, 2.24) is 4.90 Å². The fourth-order valence-electron chi connectivity index (χ4n) is 2.51. The Balaban J connectivity index is 2.37. The van der Waals surface area contributed by atoms with E-state index in [4.69, 9.17) is 4.74 Å². The molecule has 5 nitrogen and oxygen atoms in total. The van der Waals surface area contributed by atoms with E-state index in [1.54, 1.807) is 7.05 Å². The zero-order valence-electron chi connectivity index (χ0n) is 9.84. The number of fused-ring (bicyclic) bond motifs is 1. The molecular weight excluding hydrogens is 222 g/mol. The van der Waals surface area contributed by atoms with Crippen LogP contribution in [-0.4, -0.2) is 42.6 Å². The standard InChI is InChI=1S/C12H15NO4/c1-13-5-9(12(16)17-2)8-4-3-7(6-14)10(8)11(13)15/h3,5,8,10,14H,4,6H2,1-2H3. The zero-order chi connectivity index (χ0) is 12.6. The number of methoxy groups -OCH3 is 1. The van der Waals surface area contributed by atoms with Gasteiger partial charge in [0.2, 0.25) is 5.91 Å². The summed E-state index contributed by atoms with van der Waals surface area (Å²) in [5, 5.41) is 9.22. The molecule has 0 aromatic carbocycles. The molecule has 92 valence electrons. The van der Waals surface area contributed by atoms with Gasteiger partial charge in [0.15, 0.2) is 0 Å². The van der Waals surface area contributed by atoms with Gasteiger partial charge in [-0.3, -0.25) is 4.79 Å². The van der Waals surface area contributed by atoms with Gasteiger partial charge in [0, 0.05) is 19.2 Å². The maximum Gasteiger partial charge on any atom is 0.335 e. The average Bonchev–Trinajstić information content (AvgIpc) is 2.76. The molecule has 1 heterocycles. The molecule has 0 radical (unpaired) electrons. The molecule has 0 saturated heterocycles. The lowest BCUT2D eigenvalue weighted by Crippen LogP contribution is -2.40. The number of nitrogens with zero attached hydrogens (tertiary/aromatic N) is 1. The van der Waals surface area contributed by atoms with Gasteiger partial charge in [0.05, 0.1) is 25.2 Å². The molecule has 1 aliphatic carbocycles. The summed E-state index contributed by atoms with van der Waals surface area (Å²) >= 11 is 0. The Bertz CT molecular complexity index is 424. The smallest absolute Gasteiger partial charge is 0.335 e. The van der Waals surface area contributed by atoms with Gasteiger partial charge in [0.25, 0.3) is 0 Å². The molecule has 1 aliphatic heterocycles. The molecule has 2 atom stereocenters. The Morgan fingerprint density at radius 2 is 2.35 bits per heavy atom. The van der Waals surface area contributed by atoms with Crippen molar-refractivity contribution < 1.29 is 19.4 Å². The molecule has 2 aliphatic rings. The van der Waals surface area contributed by atoms with E-state index in [1.807, 2.05) is 6.08 Å².